The molecule has 5 nitrogen and oxygen atoms in total. The van der Waals surface area contributed by atoms with Crippen LogP contribution in [-0.2, 0) is 19.3 Å². The van der Waals surface area contributed by atoms with E-state index in [0.717, 1.165) is 29.3 Å². The largest absolute Gasteiger partial charge is 0.337 e. The van der Waals surface area contributed by atoms with Crippen LogP contribution in [0.3, 0.4) is 0 Å². The molecule has 2 aromatic heterocycles. The zero-order valence-electron chi connectivity index (χ0n) is 13.4. The van der Waals surface area contributed by atoms with E-state index in [-0.39, 0.29) is 5.56 Å². The highest BCUT2D eigenvalue weighted by Gasteiger charge is 2.12. The monoisotopic (exact) mass is 328 g/mol. The van der Waals surface area contributed by atoms with Gasteiger partial charge in [-0.1, -0.05) is 37.2 Å². The predicted octanol–water partition coefficient (Wildman–Crippen LogP) is 3.22. The zero-order valence-corrected chi connectivity index (χ0v) is 14.2. The van der Waals surface area contributed by atoms with Crippen LogP contribution in [0.15, 0.2) is 46.6 Å². The maximum absolute atomic E-state index is 12.8. The highest BCUT2D eigenvalue weighted by atomic mass is 32.2. The summed E-state index contributed by atoms with van der Waals surface area (Å²) in [4.78, 5) is 21.8. The lowest BCUT2D eigenvalue weighted by Gasteiger charge is -2.12. The molecule has 2 heterocycles. The number of hydrogen-bond acceptors (Lipinski definition) is 4. The molecule has 0 unspecified atom stereocenters. The first-order valence-corrected chi connectivity index (χ1v) is 8.78. The first-order chi connectivity index (χ1) is 11.2. The van der Waals surface area contributed by atoms with Crippen molar-refractivity contribution in [3.8, 4) is 0 Å². The molecule has 0 aliphatic heterocycles. The maximum Gasteiger partial charge on any atom is 0.262 e. The number of hydrogen-bond donors (Lipinski definition) is 0. The van der Waals surface area contributed by atoms with Crippen molar-refractivity contribution in [3.63, 3.8) is 0 Å². The molecule has 0 aliphatic rings. The summed E-state index contributed by atoms with van der Waals surface area (Å²) in [5.41, 5.74) is 0.805. The molecule has 0 amide bonds. The summed E-state index contributed by atoms with van der Waals surface area (Å²) in [7, 11) is 1.97. The van der Waals surface area contributed by atoms with E-state index < -0.39 is 0 Å². The van der Waals surface area contributed by atoms with Gasteiger partial charge in [0.05, 0.1) is 16.7 Å². The average molecular weight is 328 g/mol. The molecule has 0 aliphatic carbocycles. The number of aryl methyl sites for hydroxylation is 1. The zero-order chi connectivity index (χ0) is 16.2. The van der Waals surface area contributed by atoms with Crippen LogP contribution in [0.2, 0.25) is 0 Å². The number of imidazole rings is 1. The third-order valence-electron chi connectivity index (χ3n) is 3.81. The number of unbranched alkanes of at least 4 members (excludes halogenated alkanes) is 1. The van der Waals surface area contributed by atoms with Crippen molar-refractivity contribution in [2.45, 2.75) is 37.2 Å². The molecule has 3 aromatic rings. The molecule has 3 rings (SSSR count). The van der Waals surface area contributed by atoms with Crippen LogP contribution < -0.4 is 5.56 Å². The van der Waals surface area contributed by atoms with E-state index in [0.29, 0.717) is 17.7 Å². The Kier molecular flexibility index (Phi) is 4.81. The number of nitrogens with zero attached hydrogens (tertiary/aromatic N) is 4. The standard InChI is InChI=1S/C17H20N4OS/c1-3-4-10-21-16(22)13-7-5-6-8-14(13)19-17(21)23-12-15-18-9-11-20(15)2/h5-9,11H,3-4,10,12H2,1-2H3. The molecule has 0 radical (unpaired) electrons. The Labute approximate surface area is 139 Å². The molecule has 0 spiro atoms. The van der Waals surface area contributed by atoms with E-state index in [1.807, 2.05) is 42.1 Å². The summed E-state index contributed by atoms with van der Waals surface area (Å²) >= 11 is 1.57. The second-order valence-electron chi connectivity index (χ2n) is 5.46. The minimum Gasteiger partial charge on any atom is -0.337 e. The fourth-order valence-corrected chi connectivity index (χ4v) is 3.47. The van der Waals surface area contributed by atoms with Crippen LogP contribution in [0.25, 0.3) is 10.9 Å². The Morgan fingerprint density at radius 1 is 1.26 bits per heavy atom. The van der Waals surface area contributed by atoms with Gasteiger partial charge < -0.3 is 4.57 Å². The Bertz CT molecular complexity index is 868. The predicted molar refractivity (Wildman–Crippen MR) is 93.7 cm³/mol. The summed E-state index contributed by atoms with van der Waals surface area (Å²) < 4.78 is 3.79. The fourth-order valence-electron chi connectivity index (χ4n) is 2.44. The summed E-state index contributed by atoms with van der Waals surface area (Å²) in [6.07, 6.45) is 5.72. The topological polar surface area (TPSA) is 52.7 Å². The minimum absolute atomic E-state index is 0.0476. The van der Waals surface area contributed by atoms with Gasteiger partial charge >= 0.3 is 0 Å². The van der Waals surface area contributed by atoms with Crippen molar-refractivity contribution in [2.75, 3.05) is 0 Å². The highest BCUT2D eigenvalue weighted by molar-refractivity contribution is 7.98. The quantitative estimate of drug-likeness (QED) is 0.515. The van der Waals surface area contributed by atoms with E-state index in [1.165, 1.54) is 0 Å². The normalized spacial score (nSPS) is 11.2. The van der Waals surface area contributed by atoms with Gasteiger partial charge in [0.2, 0.25) is 0 Å². The SMILES string of the molecule is CCCCn1c(SCc2nccn2C)nc2ccccc2c1=O. The van der Waals surface area contributed by atoms with E-state index in [4.69, 9.17) is 4.98 Å². The van der Waals surface area contributed by atoms with Gasteiger partial charge in [0.15, 0.2) is 5.16 Å². The summed E-state index contributed by atoms with van der Waals surface area (Å²) in [6.45, 7) is 2.83. The van der Waals surface area contributed by atoms with Crippen LogP contribution in [0.1, 0.15) is 25.6 Å². The molecule has 0 fully saturated rings. The van der Waals surface area contributed by atoms with Crippen molar-refractivity contribution in [3.05, 3.63) is 52.8 Å². The van der Waals surface area contributed by atoms with Crippen LogP contribution in [0.5, 0.6) is 0 Å². The van der Waals surface area contributed by atoms with Gasteiger partial charge in [-0.05, 0) is 18.6 Å². The van der Waals surface area contributed by atoms with Crippen LogP contribution >= 0.6 is 11.8 Å². The first kappa shape index (κ1) is 15.8. The number of fused-ring (bicyclic) bond motifs is 1. The van der Waals surface area contributed by atoms with E-state index >= 15 is 0 Å². The number of thioether (sulfide) groups is 1. The molecule has 1 aromatic carbocycles. The van der Waals surface area contributed by atoms with Crippen LogP contribution in [0, 0.1) is 0 Å². The molecule has 0 N–H and O–H groups in total. The van der Waals surface area contributed by atoms with Gasteiger partial charge in [0.1, 0.15) is 5.82 Å². The highest BCUT2D eigenvalue weighted by Crippen LogP contribution is 2.21. The third-order valence-corrected chi connectivity index (χ3v) is 4.79. The minimum atomic E-state index is 0.0476. The van der Waals surface area contributed by atoms with E-state index in [1.54, 1.807) is 22.5 Å². The Balaban J connectivity index is 1.99. The molecule has 0 saturated carbocycles. The molecular formula is C17H20N4OS. The van der Waals surface area contributed by atoms with E-state index in [2.05, 4.69) is 11.9 Å². The molecule has 0 saturated heterocycles. The van der Waals surface area contributed by atoms with Crippen molar-refractivity contribution in [1.29, 1.82) is 0 Å². The average Bonchev–Trinajstić information content (AvgIpc) is 2.97. The number of aromatic nitrogens is 4. The maximum atomic E-state index is 12.8. The van der Waals surface area contributed by atoms with Crippen molar-refractivity contribution in [2.24, 2.45) is 7.05 Å². The number of para-hydroxylation sites is 1. The molecular weight excluding hydrogens is 308 g/mol. The molecule has 120 valence electrons. The molecule has 0 atom stereocenters. The number of benzene rings is 1. The lowest BCUT2D eigenvalue weighted by atomic mass is 10.2. The Hall–Kier alpha value is -2.08. The second kappa shape index (κ2) is 7.00. The first-order valence-electron chi connectivity index (χ1n) is 7.79. The number of rotatable bonds is 6. The van der Waals surface area contributed by atoms with Gasteiger partial charge in [-0.25, -0.2) is 9.97 Å². The summed E-state index contributed by atoms with van der Waals surface area (Å²) in [6, 6.07) is 7.54. The van der Waals surface area contributed by atoms with Gasteiger partial charge in [-0.2, -0.15) is 0 Å². The van der Waals surface area contributed by atoms with E-state index in [9.17, 15) is 4.79 Å². The van der Waals surface area contributed by atoms with Crippen LogP contribution in [-0.4, -0.2) is 19.1 Å². The summed E-state index contributed by atoms with van der Waals surface area (Å²) in [5, 5.41) is 1.45. The lowest BCUT2D eigenvalue weighted by molar-refractivity contribution is 0.557. The third kappa shape index (κ3) is 3.32. The van der Waals surface area contributed by atoms with Crippen molar-refractivity contribution >= 4 is 22.7 Å². The van der Waals surface area contributed by atoms with Gasteiger partial charge in [-0.15, -0.1) is 0 Å². The Morgan fingerprint density at radius 2 is 2.09 bits per heavy atom. The fraction of sp³-hybridized carbons (Fsp3) is 0.353. The molecule has 23 heavy (non-hydrogen) atoms. The summed E-state index contributed by atoms with van der Waals surface area (Å²) in [5.74, 6) is 1.67. The smallest absolute Gasteiger partial charge is 0.262 e. The molecule has 0 bridgehead atoms. The lowest BCUT2D eigenvalue weighted by Crippen LogP contribution is -2.23. The second-order valence-corrected chi connectivity index (χ2v) is 6.41. The Morgan fingerprint density at radius 3 is 2.83 bits per heavy atom. The molecule has 6 heteroatoms. The van der Waals surface area contributed by atoms with Gasteiger partial charge in [0.25, 0.3) is 5.56 Å². The van der Waals surface area contributed by atoms with Crippen molar-refractivity contribution in [1.82, 2.24) is 19.1 Å². The van der Waals surface area contributed by atoms with Crippen LogP contribution in [0.4, 0.5) is 0 Å². The van der Waals surface area contributed by atoms with Gasteiger partial charge in [-0.3, -0.25) is 9.36 Å². The van der Waals surface area contributed by atoms with Gasteiger partial charge in [0, 0.05) is 26.0 Å². The van der Waals surface area contributed by atoms with Crippen molar-refractivity contribution < 1.29 is 0 Å².